The molecule has 2 rings (SSSR count). The lowest BCUT2D eigenvalue weighted by Crippen LogP contribution is -2.16. The fraction of sp³-hybridized carbons (Fsp3) is 0.176. The van der Waals surface area contributed by atoms with Crippen molar-refractivity contribution in [3.8, 4) is 0 Å². The minimum atomic E-state index is -0.147. The summed E-state index contributed by atoms with van der Waals surface area (Å²) in [6.07, 6.45) is 0.339. The summed E-state index contributed by atoms with van der Waals surface area (Å²) in [6.45, 7) is 1.97. The molecule has 0 atom stereocenters. The number of benzene rings is 2. The molecule has 5 nitrogen and oxygen atoms in total. The molecule has 2 aromatic rings. The predicted molar refractivity (Wildman–Crippen MR) is 96.6 cm³/mol. The molecule has 0 bridgehead atoms. The molecule has 0 aromatic heterocycles. The minimum absolute atomic E-state index is 0.0930. The zero-order valence-electron chi connectivity index (χ0n) is 12.7. The fourth-order valence-corrected chi connectivity index (χ4v) is 2.44. The van der Waals surface area contributed by atoms with E-state index in [1.165, 1.54) is 6.92 Å². The molecule has 23 heavy (non-hydrogen) atoms. The van der Waals surface area contributed by atoms with Gasteiger partial charge in [0.2, 0.25) is 11.8 Å². The molecular formula is C17H18BrN3O2. The number of carbonyl (C=O) groups excluding carboxylic acids is 2. The third kappa shape index (κ3) is 5.75. The number of hydrogen-bond donors (Lipinski definition) is 3. The van der Waals surface area contributed by atoms with E-state index in [1.54, 1.807) is 24.3 Å². The number of nitrogens with one attached hydrogen (secondary N) is 3. The van der Waals surface area contributed by atoms with Gasteiger partial charge >= 0.3 is 0 Å². The molecule has 6 heteroatoms. The zero-order chi connectivity index (χ0) is 16.7. The van der Waals surface area contributed by atoms with Crippen molar-refractivity contribution in [2.45, 2.75) is 13.3 Å². The van der Waals surface area contributed by atoms with E-state index in [1.807, 2.05) is 24.3 Å². The van der Waals surface area contributed by atoms with Crippen LogP contribution < -0.4 is 16.0 Å². The van der Waals surface area contributed by atoms with Crippen molar-refractivity contribution in [3.05, 3.63) is 53.0 Å². The smallest absolute Gasteiger partial charge is 0.226 e. The highest BCUT2D eigenvalue weighted by molar-refractivity contribution is 9.10. The summed E-state index contributed by atoms with van der Waals surface area (Å²) in [5, 5.41) is 8.70. The van der Waals surface area contributed by atoms with Crippen LogP contribution in [0.1, 0.15) is 13.3 Å². The van der Waals surface area contributed by atoms with E-state index < -0.39 is 0 Å². The van der Waals surface area contributed by atoms with Crippen molar-refractivity contribution < 1.29 is 9.59 Å². The molecule has 0 unspecified atom stereocenters. The SMILES string of the molecule is CC(=O)Nc1cccc(NC(=O)CCNc2ccccc2Br)c1. The van der Waals surface area contributed by atoms with Gasteiger partial charge in [-0.2, -0.15) is 0 Å². The topological polar surface area (TPSA) is 70.2 Å². The fourth-order valence-electron chi connectivity index (χ4n) is 2.02. The Hall–Kier alpha value is -2.34. The molecule has 0 spiro atoms. The first-order valence-electron chi connectivity index (χ1n) is 7.20. The lowest BCUT2D eigenvalue weighted by molar-refractivity contribution is -0.116. The Morgan fingerprint density at radius 1 is 1.00 bits per heavy atom. The second-order valence-electron chi connectivity index (χ2n) is 4.97. The number of amides is 2. The summed E-state index contributed by atoms with van der Waals surface area (Å²) < 4.78 is 0.961. The first-order chi connectivity index (χ1) is 11.0. The van der Waals surface area contributed by atoms with E-state index in [9.17, 15) is 9.59 Å². The molecule has 0 aliphatic heterocycles. The Balaban J connectivity index is 1.83. The average Bonchev–Trinajstić information content (AvgIpc) is 2.49. The Bertz CT molecular complexity index is 704. The third-order valence-corrected chi connectivity index (χ3v) is 3.70. The Morgan fingerprint density at radius 3 is 2.39 bits per heavy atom. The van der Waals surface area contributed by atoms with Crippen molar-refractivity contribution in [1.29, 1.82) is 0 Å². The molecule has 0 saturated heterocycles. The first kappa shape index (κ1) is 17.0. The highest BCUT2D eigenvalue weighted by Crippen LogP contribution is 2.21. The van der Waals surface area contributed by atoms with E-state index >= 15 is 0 Å². The van der Waals surface area contributed by atoms with Crippen LogP contribution in [0.3, 0.4) is 0 Å². The number of anilines is 3. The molecule has 0 saturated carbocycles. The number of rotatable bonds is 6. The van der Waals surface area contributed by atoms with Gasteiger partial charge in [-0.1, -0.05) is 18.2 Å². The molecule has 120 valence electrons. The molecule has 2 aromatic carbocycles. The maximum absolute atomic E-state index is 12.0. The molecule has 0 aliphatic rings. The van der Waals surface area contributed by atoms with Crippen LogP contribution in [-0.2, 0) is 9.59 Å². The van der Waals surface area contributed by atoms with Crippen LogP contribution in [0.2, 0.25) is 0 Å². The van der Waals surface area contributed by atoms with Crippen molar-refractivity contribution in [2.24, 2.45) is 0 Å². The lowest BCUT2D eigenvalue weighted by atomic mass is 10.2. The first-order valence-corrected chi connectivity index (χ1v) is 8.00. The standard InChI is InChI=1S/C17H18BrN3O2/c1-12(22)20-13-5-4-6-14(11-13)21-17(23)9-10-19-16-8-3-2-7-15(16)18/h2-8,11,19H,9-10H2,1H3,(H,20,22)(H,21,23). The van der Waals surface area contributed by atoms with E-state index in [0.29, 0.717) is 24.3 Å². The Morgan fingerprint density at radius 2 is 1.70 bits per heavy atom. The Labute approximate surface area is 143 Å². The van der Waals surface area contributed by atoms with Gasteiger partial charge in [-0.3, -0.25) is 9.59 Å². The molecule has 2 amide bonds. The van der Waals surface area contributed by atoms with E-state index in [2.05, 4.69) is 31.9 Å². The van der Waals surface area contributed by atoms with Crippen LogP contribution in [-0.4, -0.2) is 18.4 Å². The second-order valence-corrected chi connectivity index (χ2v) is 5.82. The van der Waals surface area contributed by atoms with Crippen LogP contribution in [0.15, 0.2) is 53.0 Å². The van der Waals surface area contributed by atoms with Crippen molar-refractivity contribution >= 4 is 44.8 Å². The van der Waals surface area contributed by atoms with Gasteiger partial charge in [0.25, 0.3) is 0 Å². The largest absolute Gasteiger partial charge is 0.384 e. The van der Waals surface area contributed by atoms with Crippen LogP contribution in [0, 0.1) is 0 Å². The van der Waals surface area contributed by atoms with Crippen LogP contribution in [0.4, 0.5) is 17.1 Å². The number of para-hydroxylation sites is 1. The Kier molecular flexibility index (Phi) is 6.17. The predicted octanol–water partition coefficient (Wildman–Crippen LogP) is 3.85. The van der Waals surface area contributed by atoms with E-state index in [0.717, 1.165) is 10.2 Å². The molecule has 0 fully saturated rings. The van der Waals surface area contributed by atoms with E-state index in [4.69, 9.17) is 0 Å². The van der Waals surface area contributed by atoms with Crippen molar-refractivity contribution in [3.63, 3.8) is 0 Å². The summed E-state index contributed by atoms with van der Waals surface area (Å²) in [5.74, 6) is -0.240. The van der Waals surface area contributed by atoms with Crippen LogP contribution in [0.25, 0.3) is 0 Å². The molecule has 0 heterocycles. The van der Waals surface area contributed by atoms with E-state index in [-0.39, 0.29) is 11.8 Å². The molecule has 0 aliphatic carbocycles. The maximum Gasteiger partial charge on any atom is 0.226 e. The second kappa shape index (κ2) is 8.33. The summed E-state index contributed by atoms with van der Waals surface area (Å²) in [7, 11) is 0. The maximum atomic E-state index is 12.0. The summed E-state index contributed by atoms with van der Waals surface area (Å²) in [5.41, 5.74) is 2.26. The summed E-state index contributed by atoms with van der Waals surface area (Å²) >= 11 is 3.45. The van der Waals surface area contributed by atoms with Crippen LogP contribution in [0.5, 0.6) is 0 Å². The van der Waals surface area contributed by atoms with Gasteiger partial charge in [-0.15, -0.1) is 0 Å². The number of carbonyl (C=O) groups is 2. The van der Waals surface area contributed by atoms with Gasteiger partial charge in [0.1, 0.15) is 0 Å². The van der Waals surface area contributed by atoms with Crippen LogP contribution >= 0.6 is 15.9 Å². The highest BCUT2D eigenvalue weighted by atomic mass is 79.9. The van der Waals surface area contributed by atoms with Crippen molar-refractivity contribution in [2.75, 3.05) is 22.5 Å². The molecule has 0 radical (unpaired) electrons. The number of halogens is 1. The quantitative estimate of drug-likeness (QED) is 0.717. The van der Waals surface area contributed by atoms with Gasteiger partial charge < -0.3 is 16.0 Å². The third-order valence-electron chi connectivity index (χ3n) is 3.01. The summed E-state index contributed by atoms with van der Waals surface area (Å²) in [6, 6.07) is 14.8. The van der Waals surface area contributed by atoms with Gasteiger partial charge in [0.05, 0.1) is 0 Å². The van der Waals surface area contributed by atoms with Gasteiger partial charge in [-0.05, 0) is 46.3 Å². The average molecular weight is 376 g/mol. The zero-order valence-corrected chi connectivity index (χ0v) is 14.3. The van der Waals surface area contributed by atoms with Gasteiger partial charge in [0.15, 0.2) is 0 Å². The number of hydrogen-bond acceptors (Lipinski definition) is 3. The normalized spacial score (nSPS) is 10.0. The van der Waals surface area contributed by atoms with Gasteiger partial charge in [-0.25, -0.2) is 0 Å². The molecular weight excluding hydrogens is 358 g/mol. The summed E-state index contributed by atoms with van der Waals surface area (Å²) in [4.78, 5) is 23.0. The highest BCUT2D eigenvalue weighted by Gasteiger charge is 2.04. The molecule has 3 N–H and O–H groups in total. The van der Waals surface area contributed by atoms with Crippen molar-refractivity contribution in [1.82, 2.24) is 0 Å². The van der Waals surface area contributed by atoms with Gasteiger partial charge in [0, 0.05) is 41.4 Å². The minimum Gasteiger partial charge on any atom is -0.384 e. The lowest BCUT2D eigenvalue weighted by Gasteiger charge is -2.10. The monoisotopic (exact) mass is 375 g/mol.